The highest BCUT2D eigenvalue weighted by molar-refractivity contribution is 5.73. The zero-order chi connectivity index (χ0) is 22.1. The SMILES string of the molecule is COCCN(c1cnc(-c2ccc(-c3cn[nH]c3)cc2O)cn1)[C@H]1C[C@@H]2CC[C@@H](N2)[C@H]1F. The zero-order valence-electron chi connectivity index (χ0n) is 17.9. The van der Waals surface area contributed by atoms with Crippen LogP contribution in [0.4, 0.5) is 10.2 Å². The van der Waals surface area contributed by atoms with E-state index in [-0.39, 0.29) is 17.8 Å². The van der Waals surface area contributed by atoms with E-state index in [2.05, 4.69) is 25.5 Å². The van der Waals surface area contributed by atoms with Gasteiger partial charge in [0.2, 0.25) is 0 Å². The van der Waals surface area contributed by atoms with Crippen LogP contribution in [0.1, 0.15) is 19.3 Å². The Kier molecular flexibility index (Phi) is 5.75. The molecule has 4 atom stereocenters. The van der Waals surface area contributed by atoms with Gasteiger partial charge in [0.15, 0.2) is 0 Å². The molecular formula is C23H27FN6O2. The number of anilines is 1. The van der Waals surface area contributed by atoms with E-state index in [0.717, 1.165) is 30.4 Å². The molecule has 0 radical (unpaired) electrons. The monoisotopic (exact) mass is 438 g/mol. The maximum atomic E-state index is 15.2. The molecule has 2 aliphatic heterocycles. The van der Waals surface area contributed by atoms with Crippen LogP contribution >= 0.6 is 0 Å². The Morgan fingerprint density at radius 2 is 2.09 bits per heavy atom. The lowest BCUT2D eigenvalue weighted by atomic mass is 9.96. The Hall–Kier alpha value is -3.04. The van der Waals surface area contributed by atoms with Gasteiger partial charge >= 0.3 is 0 Å². The van der Waals surface area contributed by atoms with Gasteiger partial charge in [0.25, 0.3) is 0 Å². The van der Waals surface area contributed by atoms with Gasteiger partial charge in [-0.05, 0) is 37.0 Å². The highest BCUT2D eigenvalue weighted by atomic mass is 19.1. The average Bonchev–Trinajstić information content (AvgIpc) is 3.49. The lowest BCUT2D eigenvalue weighted by Gasteiger charge is -2.40. The van der Waals surface area contributed by atoms with Gasteiger partial charge in [-0.15, -0.1) is 0 Å². The Bertz CT molecular complexity index is 1050. The van der Waals surface area contributed by atoms with Crippen LogP contribution in [0.2, 0.25) is 0 Å². The highest BCUT2D eigenvalue weighted by Crippen LogP contribution is 2.35. The van der Waals surface area contributed by atoms with E-state index in [1.807, 2.05) is 17.0 Å². The number of halogens is 1. The molecule has 9 heteroatoms. The summed E-state index contributed by atoms with van der Waals surface area (Å²) in [6.07, 6.45) is 8.41. The Balaban J connectivity index is 1.39. The molecule has 0 spiro atoms. The van der Waals surface area contributed by atoms with E-state index in [9.17, 15) is 5.11 Å². The van der Waals surface area contributed by atoms with E-state index >= 15 is 4.39 Å². The third kappa shape index (κ3) is 3.93. The van der Waals surface area contributed by atoms with E-state index in [1.54, 1.807) is 38.0 Å². The standard InChI is InChI=1S/C23H27FN6O2/c1-32-7-6-30(20-9-16-3-5-18(29-16)23(20)24)22-13-25-19(12-26-22)17-4-2-14(8-21(17)31)15-10-27-28-11-15/h2,4,8,10-13,16,18,20,23,29,31H,3,5-7,9H2,1H3,(H,27,28)/t16-,18+,20-,23+/m0/s1. The van der Waals surface area contributed by atoms with Crippen molar-refractivity contribution >= 4 is 5.82 Å². The number of alkyl halides is 1. The molecule has 2 aliphatic rings. The number of nitrogens with zero attached hydrogens (tertiary/aromatic N) is 4. The second kappa shape index (κ2) is 8.84. The predicted molar refractivity (Wildman–Crippen MR) is 119 cm³/mol. The van der Waals surface area contributed by atoms with Crippen molar-refractivity contribution in [1.82, 2.24) is 25.5 Å². The quantitative estimate of drug-likeness (QED) is 0.522. The maximum absolute atomic E-state index is 15.2. The zero-order valence-corrected chi connectivity index (χ0v) is 17.9. The number of aromatic nitrogens is 4. The number of hydrogen-bond donors (Lipinski definition) is 3. The van der Waals surface area contributed by atoms with Crippen molar-refractivity contribution in [1.29, 1.82) is 0 Å². The summed E-state index contributed by atoms with van der Waals surface area (Å²) in [5.74, 6) is 0.731. The molecule has 2 fully saturated rings. The van der Waals surface area contributed by atoms with Crippen molar-refractivity contribution in [2.24, 2.45) is 0 Å². The summed E-state index contributed by atoms with van der Waals surface area (Å²) in [7, 11) is 1.64. The summed E-state index contributed by atoms with van der Waals surface area (Å²) in [5, 5.41) is 20.6. The van der Waals surface area contributed by atoms with Crippen LogP contribution in [0.15, 0.2) is 43.0 Å². The fourth-order valence-electron chi connectivity index (χ4n) is 4.86. The molecule has 4 heterocycles. The van der Waals surface area contributed by atoms with E-state index < -0.39 is 6.17 Å². The number of phenols is 1. The lowest BCUT2D eigenvalue weighted by molar-refractivity contribution is 0.158. The summed E-state index contributed by atoms with van der Waals surface area (Å²) in [4.78, 5) is 11.1. The van der Waals surface area contributed by atoms with E-state index in [1.165, 1.54) is 0 Å². The number of nitrogens with one attached hydrogen (secondary N) is 2. The fourth-order valence-corrected chi connectivity index (χ4v) is 4.86. The average molecular weight is 439 g/mol. The molecule has 0 aliphatic carbocycles. The van der Waals surface area contributed by atoms with Crippen LogP contribution in [0, 0.1) is 0 Å². The smallest absolute Gasteiger partial charge is 0.147 e. The van der Waals surface area contributed by atoms with Gasteiger partial charge in [0.05, 0.1) is 36.9 Å². The summed E-state index contributed by atoms with van der Waals surface area (Å²) in [6, 6.07) is 5.39. The van der Waals surface area contributed by atoms with Crippen LogP contribution in [-0.4, -0.2) is 69.8 Å². The summed E-state index contributed by atoms with van der Waals surface area (Å²) in [6.45, 7) is 1.02. The first kappa shape index (κ1) is 20.8. The first-order valence-corrected chi connectivity index (χ1v) is 10.9. The molecule has 2 bridgehead atoms. The van der Waals surface area contributed by atoms with E-state index in [0.29, 0.717) is 36.3 Å². The molecule has 1 aromatic carbocycles. The molecule has 8 nitrogen and oxygen atoms in total. The summed E-state index contributed by atoms with van der Waals surface area (Å²) >= 11 is 0. The number of benzene rings is 1. The van der Waals surface area contributed by atoms with Crippen molar-refractivity contribution < 1.29 is 14.2 Å². The van der Waals surface area contributed by atoms with Gasteiger partial charge in [-0.1, -0.05) is 6.07 Å². The number of piperidine rings is 1. The van der Waals surface area contributed by atoms with Gasteiger partial charge in [0, 0.05) is 43.1 Å². The molecule has 0 amide bonds. The van der Waals surface area contributed by atoms with Gasteiger partial charge in [-0.2, -0.15) is 5.10 Å². The predicted octanol–water partition coefficient (Wildman–Crippen LogP) is 2.92. The van der Waals surface area contributed by atoms with E-state index in [4.69, 9.17) is 4.74 Å². The minimum Gasteiger partial charge on any atom is -0.507 e. The van der Waals surface area contributed by atoms with Crippen molar-refractivity contribution in [3.63, 3.8) is 0 Å². The highest BCUT2D eigenvalue weighted by Gasteiger charge is 2.44. The number of H-pyrrole nitrogens is 1. The molecule has 0 unspecified atom stereocenters. The van der Waals surface area contributed by atoms with Gasteiger partial charge in [0.1, 0.15) is 17.7 Å². The number of fused-ring (bicyclic) bond motifs is 2. The largest absolute Gasteiger partial charge is 0.507 e. The molecule has 3 N–H and O–H groups in total. The fraction of sp³-hybridized carbons (Fsp3) is 0.435. The number of rotatable bonds is 7. The Morgan fingerprint density at radius 1 is 1.19 bits per heavy atom. The van der Waals surface area contributed by atoms with Crippen molar-refractivity contribution in [3.05, 3.63) is 43.0 Å². The number of aromatic amines is 1. The van der Waals surface area contributed by atoms with Crippen LogP contribution in [0.5, 0.6) is 5.75 Å². The Labute approximate surface area is 185 Å². The molecule has 2 aromatic heterocycles. The summed E-state index contributed by atoms with van der Waals surface area (Å²) in [5.41, 5.74) is 2.88. The van der Waals surface area contributed by atoms with Crippen LogP contribution in [-0.2, 0) is 4.74 Å². The molecule has 0 saturated carbocycles. The van der Waals surface area contributed by atoms with Crippen LogP contribution in [0.25, 0.3) is 22.4 Å². The number of aromatic hydroxyl groups is 1. The van der Waals surface area contributed by atoms with Crippen molar-refractivity contribution in [2.45, 2.75) is 43.6 Å². The molecule has 32 heavy (non-hydrogen) atoms. The molecule has 168 valence electrons. The number of ether oxygens (including phenoxy) is 1. The molecular weight excluding hydrogens is 411 g/mol. The lowest BCUT2D eigenvalue weighted by Crippen LogP contribution is -2.57. The second-order valence-electron chi connectivity index (χ2n) is 8.46. The van der Waals surface area contributed by atoms with Crippen LogP contribution in [0.3, 0.4) is 0 Å². The first-order valence-electron chi connectivity index (χ1n) is 10.9. The number of phenolic OH excluding ortho intramolecular Hbond substituents is 1. The third-order valence-electron chi connectivity index (χ3n) is 6.53. The van der Waals surface area contributed by atoms with Crippen LogP contribution < -0.4 is 10.2 Å². The molecule has 2 saturated heterocycles. The number of methoxy groups -OCH3 is 1. The van der Waals surface area contributed by atoms with Gasteiger partial charge in [-0.3, -0.25) is 10.1 Å². The third-order valence-corrected chi connectivity index (χ3v) is 6.53. The van der Waals surface area contributed by atoms with Gasteiger partial charge < -0.3 is 20.1 Å². The number of hydrogen-bond acceptors (Lipinski definition) is 7. The topological polar surface area (TPSA) is 99.2 Å². The first-order chi connectivity index (χ1) is 15.6. The van der Waals surface area contributed by atoms with Gasteiger partial charge in [-0.25, -0.2) is 9.37 Å². The molecule has 5 rings (SSSR count). The van der Waals surface area contributed by atoms with Crippen molar-refractivity contribution in [2.75, 3.05) is 25.2 Å². The van der Waals surface area contributed by atoms with Crippen molar-refractivity contribution in [3.8, 4) is 28.1 Å². The second-order valence-corrected chi connectivity index (χ2v) is 8.46. The Morgan fingerprint density at radius 3 is 2.81 bits per heavy atom. The normalized spacial score (nSPS) is 24.6. The summed E-state index contributed by atoms with van der Waals surface area (Å²) < 4.78 is 20.5. The minimum atomic E-state index is -0.966. The maximum Gasteiger partial charge on any atom is 0.147 e. The minimum absolute atomic E-state index is 0.0956. The molecule has 3 aromatic rings.